The van der Waals surface area contributed by atoms with Crippen molar-refractivity contribution in [2.75, 3.05) is 13.1 Å². The summed E-state index contributed by atoms with van der Waals surface area (Å²) in [5, 5.41) is 12.5. The molecule has 3 nitrogen and oxygen atoms in total. The van der Waals surface area contributed by atoms with Gasteiger partial charge in [0.15, 0.2) is 0 Å². The monoisotopic (exact) mass is 338 g/mol. The number of aromatic nitrogens is 1. The molecule has 3 fully saturated rings. The van der Waals surface area contributed by atoms with E-state index in [0.29, 0.717) is 0 Å². The van der Waals surface area contributed by atoms with Gasteiger partial charge in [-0.2, -0.15) is 0 Å². The van der Waals surface area contributed by atoms with Crippen LogP contribution >= 0.6 is 0 Å². The van der Waals surface area contributed by atoms with Crippen LogP contribution in [0.3, 0.4) is 0 Å². The number of aliphatic hydroxyl groups excluding tert-OH is 1. The van der Waals surface area contributed by atoms with Crippen molar-refractivity contribution in [2.45, 2.75) is 58.1 Å². The number of aryl methyl sites for hydroxylation is 1. The van der Waals surface area contributed by atoms with Crippen LogP contribution in [0.1, 0.15) is 56.9 Å². The first-order valence-electron chi connectivity index (χ1n) is 10.0. The number of para-hydroxylation sites is 1. The summed E-state index contributed by atoms with van der Waals surface area (Å²) < 4.78 is 0. The highest BCUT2D eigenvalue weighted by Gasteiger charge is 2.42. The first-order valence-corrected chi connectivity index (χ1v) is 10.0. The Morgan fingerprint density at radius 2 is 2.12 bits per heavy atom. The first-order chi connectivity index (χ1) is 12.2. The van der Waals surface area contributed by atoms with Crippen molar-refractivity contribution >= 4 is 10.9 Å². The van der Waals surface area contributed by atoms with E-state index in [1.807, 2.05) is 6.07 Å². The maximum absolute atomic E-state index is 11.3. The van der Waals surface area contributed by atoms with Crippen LogP contribution in [0.5, 0.6) is 0 Å². The molecule has 0 amide bonds. The quantitative estimate of drug-likeness (QED) is 0.881. The molecule has 0 aliphatic carbocycles. The second-order valence-electron chi connectivity index (χ2n) is 7.93. The summed E-state index contributed by atoms with van der Waals surface area (Å²) in [5.74, 6) is 1.61. The Labute approximate surface area is 151 Å². The third-order valence-electron chi connectivity index (χ3n) is 6.45. The fourth-order valence-corrected chi connectivity index (χ4v) is 5.07. The van der Waals surface area contributed by atoms with Crippen LogP contribution in [0.25, 0.3) is 10.9 Å². The number of nitrogens with zero attached hydrogens (tertiary/aromatic N) is 2. The summed E-state index contributed by atoms with van der Waals surface area (Å²) >= 11 is 0. The van der Waals surface area contributed by atoms with E-state index in [2.05, 4.69) is 43.0 Å². The highest BCUT2D eigenvalue weighted by atomic mass is 16.3. The molecule has 3 aliphatic rings. The second kappa shape index (κ2) is 7.05. The molecule has 5 atom stereocenters. The Bertz CT molecular complexity index is 744. The Hall–Kier alpha value is -1.45. The molecule has 25 heavy (non-hydrogen) atoms. The van der Waals surface area contributed by atoms with Crippen LogP contribution in [-0.2, 0) is 6.42 Å². The molecule has 1 unspecified atom stereocenters. The van der Waals surface area contributed by atoms with Gasteiger partial charge in [0.25, 0.3) is 0 Å². The van der Waals surface area contributed by atoms with Crippen molar-refractivity contribution in [2.24, 2.45) is 11.8 Å². The number of piperidine rings is 3. The van der Waals surface area contributed by atoms with Gasteiger partial charge in [-0.15, -0.1) is 0 Å². The van der Waals surface area contributed by atoms with Crippen molar-refractivity contribution in [1.82, 2.24) is 9.88 Å². The molecule has 3 saturated heterocycles. The van der Waals surface area contributed by atoms with Gasteiger partial charge >= 0.3 is 0 Å². The molecular formula is C22H30N2O. The number of hydrogen-bond donors (Lipinski definition) is 1. The standard InChI is InChI=1S/C22H30N2O/c1-3-7-17-13-19(18-8-5-6-9-20(18)23-17)22(25)21-12-16-10-11-24(21)14-15(16)4-2/h5-6,8-9,13,15-16,21-22,25H,3-4,7,10-12,14H2,1-2H3/t15-,16+,21-,22+/m0/s1. The highest BCUT2D eigenvalue weighted by molar-refractivity contribution is 5.82. The third kappa shape index (κ3) is 3.09. The zero-order valence-corrected chi connectivity index (χ0v) is 15.5. The molecule has 2 bridgehead atoms. The molecule has 5 rings (SSSR count). The Morgan fingerprint density at radius 1 is 1.28 bits per heavy atom. The molecule has 1 aromatic carbocycles. The van der Waals surface area contributed by atoms with Crippen LogP contribution in [0.4, 0.5) is 0 Å². The molecule has 1 aromatic heterocycles. The smallest absolute Gasteiger partial charge is 0.0952 e. The highest BCUT2D eigenvalue weighted by Crippen LogP contribution is 2.42. The van der Waals surface area contributed by atoms with Gasteiger partial charge < -0.3 is 5.11 Å². The summed E-state index contributed by atoms with van der Waals surface area (Å²) in [6.07, 6.45) is 5.35. The van der Waals surface area contributed by atoms with E-state index >= 15 is 0 Å². The van der Waals surface area contributed by atoms with E-state index in [1.54, 1.807) is 0 Å². The summed E-state index contributed by atoms with van der Waals surface area (Å²) in [6, 6.07) is 10.7. The molecule has 4 heterocycles. The molecule has 3 heteroatoms. The molecular weight excluding hydrogens is 308 g/mol. The van der Waals surface area contributed by atoms with Gasteiger partial charge in [-0.3, -0.25) is 9.88 Å². The van der Waals surface area contributed by atoms with E-state index in [1.165, 1.54) is 12.8 Å². The lowest BCUT2D eigenvalue weighted by molar-refractivity contribution is -0.0562. The van der Waals surface area contributed by atoms with Crippen LogP contribution in [0, 0.1) is 11.8 Å². The topological polar surface area (TPSA) is 36.4 Å². The van der Waals surface area contributed by atoms with Crippen LogP contribution in [0.15, 0.2) is 30.3 Å². The molecule has 0 saturated carbocycles. The van der Waals surface area contributed by atoms with Gasteiger partial charge in [0, 0.05) is 23.7 Å². The molecule has 1 N–H and O–H groups in total. The minimum Gasteiger partial charge on any atom is -0.387 e. The summed E-state index contributed by atoms with van der Waals surface area (Å²) in [4.78, 5) is 7.35. The van der Waals surface area contributed by atoms with Gasteiger partial charge in [0.05, 0.1) is 11.6 Å². The average molecular weight is 338 g/mol. The lowest BCUT2D eigenvalue weighted by atomic mass is 9.72. The fourth-order valence-electron chi connectivity index (χ4n) is 5.07. The third-order valence-corrected chi connectivity index (χ3v) is 6.45. The van der Waals surface area contributed by atoms with Crippen molar-refractivity contribution < 1.29 is 5.11 Å². The predicted molar refractivity (Wildman–Crippen MR) is 103 cm³/mol. The number of aliphatic hydroxyl groups is 1. The molecule has 0 spiro atoms. The number of rotatable bonds is 5. The molecule has 2 aromatic rings. The van der Waals surface area contributed by atoms with E-state index in [9.17, 15) is 5.11 Å². The van der Waals surface area contributed by atoms with Gasteiger partial charge in [-0.25, -0.2) is 0 Å². The van der Waals surface area contributed by atoms with Crippen molar-refractivity contribution in [1.29, 1.82) is 0 Å². The van der Waals surface area contributed by atoms with Crippen molar-refractivity contribution in [3.8, 4) is 0 Å². The van der Waals surface area contributed by atoms with Crippen molar-refractivity contribution in [3.63, 3.8) is 0 Å². The SMILES string of the molecule is CCCc1cc([C@@H](O)[C@@H]2C[C@H]3CCN2C[C@@H]3CC)c2ccccc2n1. The van der Waals surface area contributed by atoms with Gasteiger partial charge in [-0.1, -0.05) is 44.9 Å². The van der Waals surface area contributed by atoms with E-state index in [4.69, 9.17) is 4.98 Å². The van der Waals surface area contributed by atoms with E-state index < -0.39 is 6.10 Å². The maximum Gasteiger partial charge on any atom is 0.0952 e. The van der Waals surface area contributed by atoms with E-state index in [0.717, 1.165) is 66.3 Å². The Balaban J connectivity index is 1.69. The van der Waals surface area contributed by atoms with Gasteiger partial charge in [0.1, 0.15) is 0 Å². The lowest BCUT2D eigenvalue weighted by Crippen LogP contribution is -2.55. The van der Waals surface area contributed by atoms with Crippen LogP contribution < -0.4 is 0 Å². The average Bonchev–Trinajstić information content (AvgIpc) is 2.67. The normalized spacial score (nSPS) is 29.9. The van der Waals surface area contributed by atoms with Crippen LogP contribution in [-0.4, -0.2) is 34.1 Å². The Morgan fingerprint density at radius 3 is 2.84 bits per heavy atom. The number of hydrogen-bond acceptors (Lipinski definition) is 3. The first kappa shape index (κ1) is 17.0. The zero-order chi connectivity index (χ0) is 17.4. The summed E-state index contributed by atoms with van der Waals surface area (Å²) in [6.45, 7) is 6.80. The number of fused-ring (bicyclic) bond motifs is 4. The van der Waals surface area contributed by atoms with Gasteiger partial charge in [-0.05, 0) is 55.3 Å². The molecule has 134 valence electrons. The molecule has 0 radical (unpaired) electrons. The molecule has 3 aliphatic heterocycles. The predicted octanol–water partition coefficient (Wildman–Crippen LogP) is 4.34. The second-order valence-corrected chi connectivity index (χ2v) is 7.93. The number of benzene rings is 1. The minimum absolute atomic E-state index is 0.266. The fraction of sp³-hybridized carbons (Fsp3) is 0.591. The zero-order valence-electron chi connectivity index (χ0n) is 15.5. The van der Waals surface area contributed by atoms with Crippen LogP contribution in [0.2, 0.25) is 0 Å². The number of pyridine rings is 1. The van der Waals surface area contributed by atoms with Crippen molar-refractivity contribution in [3.05, 3.63) is 41.6 Å². The maximum atomic E-state index is 11.3. The summed E-state index contributed by atoms with van der Waals surface area (Å²) in [5.41, 5.74) is 3.21. The van der Waals surface area contributed by atoms with Gasteiger partial charge in [0.2, 0.25) is 0 Å². The minimum atomic E-state index is -0.413. The lowest BCUT2D eigenvalue weighted by Gasteiger charge is -2.51. The summed E-state index contributed by atoms with van der Waals surface area (Å²) in [7, 11) is 0. The largest absolute Gasteiger partial charge is 0.387 e. The Kier molecular flexibility index (Phi) is 4.79. The van der Waals surface area contributed by atoms with E-state index in [-0.39, 0.29) is 6.04 Å².